The number of ether oxygens (including phenoxy) is 2. The second kappa shape index (κ2) is 7.95. The number of nitrogens with one attached hydrogen (secondary N) is 1. The van der Waals surface area contributed by atoms with Gasteiger partial charge in [0.2, 0.25) is 0 Å². The van der Waals surface area contributed by atoms with E-state index in [0.717, 1.165) is 18.6 Å². The number of anilines is 1. The van der Waals surface area contributed by atoms with Gasteiger partial charge < -0.3 is 19.8 Å². The van der Waals surface area contributed by atoms with Crippen molar-refractivity contribution in [2.45, 2.75) is 49.2 Å². The van der Waals surface area contributed by atoms with Gasteiger partial charge in [-0.25, -0.2) is 15.0 Å². The lowest BCUT2D eigenvalue weighted by Crippen LogP contribution is -2.30. The first-order valence-electron chi connectivity index (χ1n) is 11.2. The highest BCUT2D eigenvalue weighted by Gasteiger charge is 2.54. The fourth-order valence-corrected chi connectivity index (χ4v) is 5.89. The summed E-state index contributed by atoms with van der Waals surface area (Å²) < 4.78 is 18.3. The minimum atomic E-state index is -0.623. The monoisotopic (exact) mass is 462 g/mol. The van der Waals surface area contributed by atoms with Gasteiger partial charge in [0.1, 0.15) is 17.9 Å². The molecule has 3 heterocycles. The average Bonchev–Trinajstić information content (AvgIpc) is 3.46. The van der Waals surface area contributed by atoms with Crippen molar-refractivity contribution in [3.8, 4) is 0 Å². The van der Waals surface area contributed by atoms with Crippen LogP contribution in [0, 0.1) is 5.92 Å². The third kappa shape index (κ3) is 3.74. The van der Waals surface area contributed by atoms with Crippen molar-refractivity contribution in [1.82, 2.24) is 24.2 Å². The standard InChI is InChI=1S/C24H26N6O2S/c1-24(2)31-20-16(11-29-33-17-8-7-14-5-3-4-6-15(14)9-17)10-18(21(20)32-24)30-13-28-19-22(25)26-12-27-23(19)30/h3-9,12-13,16,18,20-21,29H,10-11H2,1-2H3,(H2,25,26,27). The van der Waals surface area contributed by atoms with Crippen molar-refractivity contribution in [1.29, 1.82) is 0 Å². The first kappa shape index (κ1) is 20.9. The SMILES string of the molecule is CC1(C)OC2C(CNSc3ccc4ccccc4c3)CC(n3cnc4c(N)ncnc43)C2O1. The summed E-state index contributed by atoms with van der Waals surface area (Å²) >= 11 is 1.66. The van der Waals surface area contributed by atoms with Crippen LogP contribution in [0.25, 0.3) is 21.9 Å². The zero-order valence-corrected chi connectivity index (χ0v) is 19.3. The van der Waals surface area contributed by atoms with Gasteiger partial charge >= 0.3 is 0 Å². The highest BCUT2D eigenvalue weighted by molar-refractivity contribution is 7.97. The van der Waals surface area contributed by atoms with Gasteiger partial charge in [-0.05, 0) is 55.1 Å². The maximum absolute atomic E-state index is 6.35. The zero-order valence-electron chi connectivity index (χ0n) is 18.5. The number of fused-ring (bicyclic) bond motifs is 3. The Morgan fingerprint density at radius 2 is 1.91 bits per heavy atom. The molecule has 2 aromatic heterocycles. The summed E-state index contributed by atoms with van der Waals surface area (Å²) in [6, 6.07) is 15.0. The fraction of sp³-hybridized carbons (Fsp3) is 0.375. The van der Waals surface area contributed by atoms with Gasteiger partial charge in [-0.2, -0.15) is 0 Å². The molecule has 2 aliphatic rings. The lowest BCUT2D eigenvalue weighted by molar-refractivity contribution is -0.159. The number of nitrogens with two attached hydrogens (primary N) is 1. The maximum atomic E-state index is 6.35. The molecule has 6 rings (SSSR count). The van der Waals surface area contributed by atoms with E-state index in [-0.39, 0.29) is 24.2 Å². The molecule has 33 heavy (non-hydrogen) atoms. The maximum Gasteiger partial charge on any atom is 0.165 e. The number of hydrogen-bond donors (Lipinski definition) is 2. The molecule has 4 unspecified atom stereocenters. The summed E-state index contributed by atoms with van der Waals surface area (Å²) in [6.07, 6.45) is 4.09. The lowest BCUT2D eigenvalue weighted by atomic mass is 10.1. The molecule has 170 valence electrons. The second-order valence-electron chi connectivity index (χ2n) is 9.17. The molecule has 0 amide bonds. The van der Waals surface area contributed by atoms with E-state index in [1.807, 2.05) is 13.8 Å². The third-order valence-corrected chi connectivity index (χ3v) is 7.35. The van der Waals surface area contributed by atoms with E-state index in [1.165, 1.54) is 22.0 Å². The van der Waals surface area contributed by atoms with Crippen LogP contribution in [0.5, 0.6) is 0 Å². The average molecular weight is 463 g/mol. The van der Waals surface area contributed by atoms with E-state index in [2.05, 4.69) is 66.7 Å². The number of aromatic nitrogens is 4. The number of nitrogen functional groups attached to an aromatic ring is 1. The predicted octanol–water partition coefficient (Wildman–Crippen LogP) is 3.94. The van der Waals surface area contributed by atoms with Crippen molar-refractivity contribution in [2.75, 3.05) is 12.3 Å². The van der Waals surface area contributed by atoms with Crippen LogP contribution in [-0.4, -0.2) is 44.1 Å². The van der Waals surface area contributed by atoms with E-state index in [9.17, 15) is 0 Å². The summed E-state index contributed by atoms with van der Waals surface area (Å²) in [5.74, 6) is 0.0517. The second-order valence-corrected chi connectivity index (χ2v) is 10.1. The molecule has 1 aliphatic carbocycles. The molecule has 0 spiro atoms. The largest absolute Gasteiger partial charge is 0.382 e. The Labute approximate surface area is 196 Å². The van der Waals surface area contributed by atoms with Crippen LogP contribution in [0.1, 0.15) is 26.3 Å². The van der Waals surface area contributed by atoms with Gasteiger partial charge in [-0.15, -0.1) is 0 Å². The molecule has 2 aromatic carbocycles. The molecule has 1 saturated heterocycles. The van der Waals surface area contributed by atoms with Crippen molar-refractivity contribution >= 4 is 39.7 Å². The molecule has 9 heteroatoms. The first-order chi connectivity index (χ1) is 16.0. The van der Waals surface area contributed by atoms with Gasteiger partial charge in [0.05, 0.1) is 18.5 Å². The summed E-state index contributed by atoms with van der Waals surface area (Å²) in [6.45, 7) is 4.75. The van der Waals surface area contributed by atoms with Crippen molar-refractivity contribution < 1.29 is 9.47 Å². The molecule has 2 fully saturated rings. The van der Waals surface area contributed by atoms with Gasteiger partial charge in [0, 0.05) is 17.4 Å². The van der Waals surface area contributed by atoms with Crippen molar-refractivity contribution in [3.63, 3.8) is 0 Å². The molecular formula is C24H26N6O2S. The topological polar surface area (TPSA) is 100 Å². The molecular weight excluding hydrogens is 436 g/mol. The van der Waals surface area contributed by atoms with Crippen molar-refractivity contribution in [3.05, 3.63) is 55.1 Å². The number of benzene rings is 2. The van der Waals surface area contributed by atoms with E-state index in [4.69, 9.17) is 15.2 Å². The summed E-state index contributed by atoms with van der Waals surface area (Å²) in [5, 5.41) is 2.49. The van der Waals surface area contributed by atoms with E-state index in [0.29, 0.717) is 11.3 Å². The molecule has 1 saturated carbocycles. The Bertz CT molecular complexity index is 1320. The Balaban J connectivity index is 1.21. The third-order valence-electron chi connectivity index (χ3n) is 6.55. The van der Waals surface area contributed by atoms with Crippen LogP contribution in [0.4, 0.5) is 5.82 Å². The van der Waals surface area contributed by atoms with Gasteiger partial charge in [-0.3, -0.25) is 4.72 Å². The molecule has 4 atom stereocenters. The van der Waals surface area contributed by atoms with Crippen LogP contribution in [0.15, 0.2) is 60.0 Å². The molecule has 4 aromatic rings. The Kier molecular flexibility index (Phi) is 5.02. The number of hydrogen-bond acceptors (Lipinski definition) is 8. The smallest absolute Gasteiger partial charge is 0.165 e. The quantitative estimate of drug-likeness (QED) is 0.430. The minimum absolute atomic E-state index is 0.00802. The van der Waals surface area contributed by atoms with Gasteiger partial charge in [0.25, 0.3) is 0 Å². The van der Waals surface area contributed by atoms with Crippen LogP contribution in [0.2, 0.25) is 0 Å². The van der Waals surface area contributed by atoms with Gasteiger partial charge in [0.15, 0.2) is 17.3 Å². The van der Waals surface area contributed by atoms with Gasteiger partial charge in [-0.1, -0.05) is 30.3 Å². The van der Waals surface area contributed by atoms with E-state index >= 15 is 0 Å². The fourth-order valence-electron chi connectivity index (χ4n) is 5.10. The Morgan fingerprint density at radius 1 is 1.09 bits per heavy atom. The zero-order chi connectivity index (χ0) is 22.6. The number of imidazole rings is 1. The minimum Gasteiger partial charge on any atom is -0.382 e. The molecule has 3 N–H and O–H groups in total. The predicted molar refractivity (Wildman–Crippen MR) is 129 cm³/mol. The normalized spacial score (nSPS) is 26.2. The Hall–Kier alpha value is -2.72. The van der Waals surface area contributed by atoms with Crippen molar-refractivity contribution in [2.24, 2.45) is 5.92 Å². The Morgan fingerprint density at radius 3 is 2.79 bits per heavy atom. The highest BCUT2D eigenvalue weighted by Crippen LogP contribution is 2.47. The van der Waals surface area contributed by atoms with Crippen LogP contribution < -0.4 is 10.5 Å². The van der Waals surface area contributed by atoms with E-state index in [1.54, 1.807) is 18.3 Å². The first-order valence-corrected chi connectivity index (χ1v) is 12.0. The van der Waals surface area contributed by atoms with Crippen LogP contribution in [0.3, 0.4) is 0 Å². The molecule has 1 aliphatic heterocycles. The van der Waals surface area contributed by atoms with E-state index < -0.39 is 5.79 Å². The number of rotatable bonds is 5. The van der Waals surface area contributed by atoms with Crippen LogP contribution in [-0.2, 0) is 9.47 Å². The number of nitrogens with zero attached hydrogens (tertiary/aromatic N) is 4. The molecule has 0 bridgehead atoms. The lowest BCUT2D eigenvalue weighted by Gasteiger charge is -2.24. The molecule has 8 nitrogen and oxygen atoms in total. The summed E-state index contributed by atoms with van der Waals surface area (Å²) in [4.78, 5) is 14.2. The molecule has 0 radical (unpaired) electrons. The summed E-state index contributed by atoms with van der Waals surface area (Å²) in [7, 11) is 0. The van der Waals surface area contributed by atoms with Crippen LogP contribution >= 0.6 is 11.9 Å². The highest BCUT2D eigenvalue weighted by atomic mass is 32.2. The summed E-state index contributed by atoms with van der Waals surface area (Å²) in [5.41, 5.74) is 7.37.